The number of aliphatic hydroxyl groups is 1. The van der Waals surface area contributed by atoms with Crippen LogP contribution in [0.2, 0.25) is 0 Å². The van der Waals surface area contributed by atoms with Gasteiger partial charge in [-0.05, 0) is 35.6 Å². The lowest BCUT2D eigenvalue weighted by Crippen LogP contribution is -2.13. The van der Waals surface area contributed by atoms with Crippen molar-refractivity contribution in [1.29, 1.82) is 0 Å². The van der Waals surface area contributed by atoms with Crippen molar-refractivity contribution in [3.05, 3.63) is 65.5 Å². The fraction of sp³-hybridized carbons (Fsp3) is 0.333. The number of anilines is 1. The van der Waals surface area contributed by atoms with Crippen molar-refractivity contribution in [2.75, 3.05) is 11.9 Å². The molecule has 1 unspecified atom stereocenters. The van der Waals surface area contributed by atoms with Gasteiger partial charge in [0.1, 0.15) is 5.82 Å². The van der Waals surface area contributed by atoms with E-state index in [0.717, 1.165) is 12.0 Å². The molecule has 0 spiro atoms. The van der Waals surface area contributed by atoms with Crippen LogP contribution in [0.3, 0.4) is 0 Å². The van der Waals surface area contributed by atoms with Gasteiger partial charge < -0.3 is 10.4 Å². The highest BCUT2D eigenvalue weighted by Crippen LogP contribution is 2.18. The smallest absolute Gasteiger partial charge is 0.146 e. The van der Waals surface area contributed by atoms with Gasteiger partial charge in [0, 0.05) is 6.54 Å². The van der Waals surface area contributed by atoms with Gasteiger partial charge >= 0.3 is 0 Å². The molecule has 0 aliphatic carbocycles. The first-order chi connectivity index (χ1) is 10.1. The van der Waals surface area contributed by atoms with Crippen molar-refractivity contribution in [2.24, 2.45) is 5.92 Å². The van der Waals surface area contributed by atoms with Crippen molar-refractivity contribution in [3.8, 4) is 0 Å². The summed E-state index contributed by atoms with van der Waals surface area (Å²) in [7, 11) is 0. The van der Waals surface area contributed by atoms with E-state index in [2.05, 4.69) is 19.2 Å². The monoisotopic (exact) mass is 287 g/mol. The molecule has 3 heteroatoms. The summed E-state index contributed by atoms with van der Waals surface area (Å²) in [5.74, 6) is 0.306. The number of nitrogens with one attached hydrogen (secondary N) is 1. The molecule has 21 heavy (non-hydrogen) atoms. The SMILES string of the molecule is CC(C)Cc1ccc(C(O)CNc2ccccc2F)cc1. The fourth-order valence-electron chi connectivity index (χ4n) is 2.28. The number of hydrogen-bond acceptors (Lipinski definition) is 2. The van der Waals surface area contributed by atoms with Gasteiger partial charge in [-0.25, -0.2) is 4.39 Å². The van der Waals surface area contributed by atoms with Crippen molar-refractivity contribution in [3.63, 3.8) is 0 Å². The predicted octanol–water partition coefficient (Wildman–Crippen LogP) is 4.17. The summed E-state index contributed by atoms with van der Waals surface area (Å²) in [6.07, 6.45) is 0.377. The topological polar surface area (TPSA) is 32.3 Å². The Hall–Kier alpha value is -1.87. The second kappa shape index (κ2) is 7.23. The van der Waals surface area contributed by atoms with E-state index in [1.54, 1.807) is 18.2 Å². The maximum atomic E-state index is 13.5. The van der Waals surface area contributed by atoms with Crippen LogP contribution in [0.5, 0.6) is 0 Å². The number of rotatable bonds is 6. The minimum absolute atomic E-state index is 0.282. The highest BCUT2D eigenvalue weighted by atomic mass is 19.1. The van der Waals surface area contributed by atoms with Crippen molar-refractivity contribution in [1.82, 2.24) is 0 Å². The Labute approximate surface area is 125 Å². The van der Waals surface area contributed by atoms with E-state index in [0.29, 0.717) is 11.6 Å². The Morgan fingerprint density at radius 1 is 1.05 bits per heavy atom. The van der Waals surface area contributed by atoms with Gasteiger partial charge in [-0.1, -0.05) is 50.2 Å². The highest BCUT2D eigenvalue weighted by Gasteiger charge is 2.09. The molecule has 0 aromatic heterocycles. The number of halogens is 1. The molecule has 0 fully saturated rings. The standard InChI is InChI=1S/C18H22FNO/c1-13(2)11-14-7-9-15(10-8-14)18(21)12-20-17-6-4-3-5-16(17)19/h3-10,13,18,20-21H,11-12H2,1-2H3. The zero-order valence-corrected chi connectivity index (χ0v) is 12.5. The molecule has 2 nitrogen and oxygen atoms in total. The lowest BCUT2D eigenvalue weighted by Gasteiger charge is -2.14. The maximum absolute atomic E-state index is 13.5. The fourth-order valence-corrected chi connectivity index (χ4v) is 2.28. The summed E-state index contributed by atoms with van der Waals surface area (Å²) in [6.45, 7) is 4.65. The first kappa shape index (κ1) is 15.5. The third kappa shape index (κ3) is 4.57. The molecule has 2 N–H and O–H groups in total. The quantitative estimate of drug-likeness (QED) is 0.835. The van der Waals surface area contributed by atoms with Crippen LogP contribution >= 0.6 is 0 Å². The maximum Gasteiger partial charge on any atom is 0.146 e. The molecule has 0 bridgehead atoms. The van der Waals surface area contributed by atoms with Crippen LogP contribution in [0, 0.1) is 11.7 Å². The zero-order chi connectivity index (χ0) is 15.2. The van der Waals surface area contributed by atoms with Gasteiger partial charge in [-0.2, -0.15) is 0 Å². The molecule has 0 aliphatic heterocycles. The molecular weight excluding hydrogens is 265 g/mol. The van der Waals surface area contributed by atoms with Crippen molar-refractivity contribution in [2.45, 2.75) is 26.4 Å². The molecule has 0 heterocycles. The van der Waals surface area contributed by atoms with Gasteiger partial charge in [-0.15, -0.1) is 0 Å². The van der Waals surface area contributed by atoms with Crippen LogP contribution in [0.15, 0.2) is 48.5 Å². The molecule has 0 amide bonds. The van der Waals surface area contributed by atoms with E-state index >= 15 is 0 Å². The molecule has 0 saturated heterocycles. The number of para-hydroxylation sites is 1. The molecule has 0 saturated carbocycles. The molecule has 2 aromatic rings. The van der Waals surface area contributed by atoms with Crippen LogP contribution in [0.1, 0.15) is 31.1 Å². The molecular formula is C18H22FNO. The van der Waals surface area contributed by atoms with Crippen LogP contribution in [-0.4, -0.2) is 11.7 Å². The molecule has 2 aromatic carbocycles. The minimum Gasteiger partial charge on any atom is -0.387 e. The Morgan fingerprint density at radius 3 is 2.33 bits per heavy atom. The number of hydrogen-bond donors (Lipinski definition) is 2. The Balaban J connectivity index is 1.94. The molecule has 2 rings (SSSR count). The van der Waals surface area contributed by atoms with Gasteiger partial charge in [0.25, 0.3) is 0 Å². The molecule has 112 valence electrons. The van der Waals surface area contributed by atoms with Crippen LogP contribution in [-0.2, 0) is 6.42 Å². The van der Waals surface area contributed by atoms with E-state index in [9.17, 15) is 9.50 Å². The zero-order valence-electron chi connectivity index (χ0n) is 12.5. The van der Waals surface area contributed by atoms with Crippen LogP contribution in [0.4, 0.5) is 10.1 Å². The summed E-state index contributed by atoms with van der Waals surface area (Å²) < 4.78 is 13.5. The average molecular weight is 287 g/mol. The Morgan fingerprint density at radius 2 is 1.71 bits per heavy atom. The largest absolute Gasteiger partial charge is 0.387 e. The first-order valence-electron chi connectivity index (χ1n) is 7.31. The lowest BCUT2D eigenvalue weighted by atomic mass is 10.0. The molecule has 1 atom stereocenters. The summed E-state index contributed by atoms with van der Waals surface area (Å²) in [6, 6.07) is 14.4. The van der Waals surface area contributed by atoms with E-state index < -0.39 is 6.10 Å². The summed E-state index contributed by atoms with van der Waals surface area (Å²) in [5.41, 5.74) is 2.52. The van der Waals surface area contributed by atoms with Crippen LogP contribution < -0.4 is 5.32 Å². The second-order valence-corrected chi connectivity index (χ2v) is 5.72. The predicted molar refractivity (Wildman–Crippen MR) is 84.8 cm³/mol. The van der Waals surface area contributed by atoms with Gasteiger partial charge in [0.15, 0.2) is 0 Å². The van der Waals surface area contributed by atoms with E-state index in [1.807, 2.05) is 24.3 Å². The number of benzene rings is 2. The summed E-state index contributed by atoms with van der Waals surface area (Å²) >= 11 is 0. The second-order valence-electron chi connectivity index (χ2n) is 5.72. The first-order valence-corrected chi connectivity index (χ1v) is 7.31. The molecule has 0 aliphatic rings. The third-order valence-corrected chi connectivity index (χ3v) is 3.37. The lowest BCUT2D eigenvalue weighted by molar-refractivity contribution is 0.191. The van der Waals surface area contributed by atoms with Crippen molar-refractivity contribution >= 4 is 5.69 Å². The normalized spacial score (nSPS) is 12.4. The van der Waals surface area contributed by atoms with E-state index in [-0.39, 0.29) is 12.4 Å². The Bertz CT molecular complexity index is 566. The van der Waals surface area contributed by atoms with Crippen LogP contribution in [0.25, 0.3) is 0 Å². The average Bonchev–Trinajstić information content (AvgIpc) is 2.46. The van der Waals surface area contributed by atoms with E-state index in [4.69, 9.17) is 0 Å². The highest BCUT2D eigenvalue weighted by molar-refractivity contribution is 5.44. The van der Waals surface area contributed by atoms with Gasteiger partial charge in [0.2, 0.25) is 0 Å². The van der Waals surface area contributed by atoms with Crippen molar-refractivity contribution < 1.29 is 9.50 Å². The summed E-state index contributed by atoms with van der Waals surface area (Å²) in [5, 5.41) is 13.1. The minimum atomic E-state index is -0.655. The third-order valence-electron chi connectivity index (χ3n) is 3.37. The summed E-state index contributed by atoms with van der Waals surface area (Å²) in [4.78, 5) is 0. The van der Waals surface area contributed by atoms with Gasteiger partial charge in [-0.3, -0.25) is 0 Å². The molecule has 0 radical (unpaired) electrons. The van der Waals surface area contributed by atoms with E-state index in [1.165, 1.54) is 11.6 Å². The Kier molecular flexibility index (Phi) is 5.34. The number of aliphatic hydroxyl groups excluding tert-OH is 1. The van der Waals surface area contributed by atoms with Gasteiger partial charge in [0.05, 0.1) is 11.8 Å².